The molecule has 0 unspecified atom stereocenters. The maximum absolute atomic E-state index is 4.66. The maximum Gasteiger partial charge on any atom is 0.0897 e. The topological polar surface area (TPSA) is 19.4 Å². The minimum Gasteiger partial charge on any atom is -0.298 e. The molecule has 3 nitrogen and oxygen atoms in total. The first kappa shape index (κ1) is 17.0. The molecule has 0 bridgehead atoms. The van der Waals surface area contributed by atoms with Crippen LogP contribution in [0.2, 0.25) is 0 Å². The van der Waals surface area contributed by atoms with Gasteiger partial charge in [0.15, 0.2) is 0 Å². The molecule has 1 saturated heterocycles. The van der Waals surface area contributed by atoms with E-state index in [1.54, 1.807) is 11.3 Å². The van der Waals surface area contributed by atoms with Crippen LogP contribution in [0.15, 0.2) is 5.38 Å². The first-order valence-electron chi connectivity index (χ1n) is 9.93. The van der Waals surface area contributed by atoms with Gasteiger partial charge >= 0.3 is 0 Å². The van der Waals surface area contributed by atoms with Crippen molar-refractivity contribution < 1.29 is 0 Å². The molecule has 1 aliphatic heterocycles. The minimum atomic E-state index is 0.534. The van der Waals surface area contributed by atoms with Gasteiger partial charge < -0.3 is 0 Å². The van der Waals surface area contributed by atoms with E-state index in [0.29, 0.717) is 5.41 Å². The molecule has 2 saturated carbocycles. The molecule has 0 amide bonds. The lowest BCUT2D eigenvalue weighted by atomic mass is 9.47. The van der Waals surface area contributed by atoms with Gasteiger partial charge in [0.2, 0.25) is 0 Å². The molecular weight excluding hydrogens is 314 g/mol. The predicted octanol–water partition coefficient (Wildman–Crippen LogP) is 4.17. The van der Waals surface area contributed by atoms with Crippen LogP contribution in [0.4, 0.5) is 0 Å². The number of aromatic nitrogens is 1. The molecule has 0 radical (unpaired) electrons. The van der Waals surface area contributed by atoms with Crippen molar-refractivity contribution in [1.29, 1.82) is 0 Å². The van der Waals surface area contributed by atoms with Gasteiger partial charge in [-0.2, -0.15) is 0 Å². The Balaban J connectivity index is 1.38. The molecule has 134 valence electrons. The average Bonchev–Trinajstić information content (AvgIpc) is 2.83. The maximum atomic E-state index is 4.66. The first-order chi connectivity index (χ1) is 11.6. The van der Waals surface area contributed by atoms with E-state index in [-0.39, 0.29) is 0 Å². The van der Waals surface area contributed by atoms with Crippen molar-refractivity contribution in [3.05, 3.63) is 16.1 Å². The van der Waals surface area contributed by atoms with Crippen LogP contribution in [-0.4, -0.2) is 47.0 Å². The molecule has 2 heterocycles. The summed E-state index contributed by atoms with van der Waals surface area (Å²) >= 11 is 1.78. The SMILES string of the molecule is Cc1nc(CN2CCCN([C@H]3[C@@H]4CCCC[C@@H]4C3(C)C)CC2)cs1. The Kier molecular flexibility index (Phi) is 4.74. The smallest absolute Gasteiger partial charge is 0.0897 e. The number of fused-ring (bicyclic) bond motifs is 1. The lowest BCUT2D eigenvalue weighted by molar-refractivity contribution is -0.143. The molecule has 4 rings (SSSR count). The summed E-state index contributed by atoms with van der Waals surface area (Å²) in [5, 5.41) is 3.43. The van der Waals surface area contributed by atoms with Gasteiger partial charge in [-0.3, -0.25) is 9.80 Å². The standard InChI is InChI=1S/C20H33N3S/c1-15-21-16(14-24-15)13-22-9-6-10-23(12-11-22)19-17-7-4-5-8-18(17)20(19,2)3/h14,17-19H,4-13H2,1-3H3/t17-,18+,19+/m1/s1. The van der Waals surface area contributed by atoms with Crippen LogP contribution in [0, 0.1) is 24.2 Å². The Hall–Kier alpha value is -0.450. The molecule has 3 fully saturated rings. The second-order valence-corrected chi connectivity index (χ2v) is 9.91. The summed E-state index contributed by atoms with van der Waals surface area (Å²) in [6, 6.07) is 0.837. The highest BCUT2D eigenvalue weighted by Crippen LogP contribution is 2.59. The van der Waals surface area contributed by atoms with Crippen LogP contribution in [0.3, 0.4) is 0 Å². The second kappa shape index (κ2) is 6.69. The third-order valence-electron chi connectivity index (χ3n) is 7.01. The summed E-state index contributed by atoms with van der Waals surface area (Å²) in [6.45, 7) is 13.2. The van der Waals surface area contributed by atoms with Crippen molar-refractivity contribution in [3.63, 3.8) is 0 Å². The summed E-state index contributed by atoms with van der Waals surface area (Å²) < 4.78 is 0. The van der Waals surface area contributed by atoms with E-state index in [4.69, 9.17) is 0 Å². The summed E-state index contributed by atoms with van der Waals surface area (Å²) in [5.74, 6) is 1.98. The Morgan fingerprint density at radius 1 is 1.12 bits per heavy atom. The van der Waals surface area contributed by atoms with E-state index in [9.17, 15) is 0 Å². The highest BCUT2D eigenvalue weighted by Gasteiger charge is 2.58. The van der Waals surface area contributed by atoms with Crippen molar-refractivity contribution in [2.75, 3.05) is 26.2 Å². The van der Waals surface area contributed by atoms with Gasteiger partial charge in [0.1, 0.15) is 0 Å². The van der Waals surface area contributed by atoms with E-state index in [0.717, 1.165) is 24.4 Å². The van der Waals surface area contributed by atoms with E-state index in [2.05, 4.69) is 40.9 Å². The third kappa shape index (κ3) is 3.06. The Bertz CT molecular complexity index is 567. The van der Waals surface area contributed by atoms with Gasteiger partial charge in [-0.15, -0.1) is 11.3 Å². The molecule has 1 aromatic heterocycles. The van der Waals surface area contributed by atoms with Gasteiger partial charge in [-0.1, -0.05) is 26.7 Å². The van der Waals surface area contributed by atoms with Crippen molar-refractivity contribution in [2.45, 2.75) is 65.5 Å². The zero-order valence-electron chi connectivity index (χ0n) is 15.6. The van der Waals surface area contributed by atoms with Crippen molar-refractivity contribution >= 4 is 11.3 Å². The van der Waals surface area contributed by atoms with Gasteiger partial charge in [-0.25, -0.2) is 4.98 Å². The van der Waals surface area contributed by atoms with Crippen LogP contribution < -0.4 is 0 Å². The van der Waals surface area contributed by atoms with Crippen LogP contribution in [0.5, 0.6) is 0 Å². The fourth-order valence-corrected chi connectivity index (χ4v) is 6.60. The van der Waals surface area contributed by atoms with Gasteiger partial charge in [0.25, 0.3) is 0 Å². The molecule has 24 heavy (non-hydrogen) atoms. The zero-order valence-corrected chi connectivity index (χ0v) is 16.4. The molecule has 3 atom stereocenters. The van der Waals surface area contributed by atoms with Gasteiger partial charge in [0.05, 0.1) is 10.7 Å². The van der Waals surface area contributed by atoms with E-state index in [1.165, 1.54) is 69.0 Å². The number of nitrogens with zero attached hydrogens (tertiary/aromatic N) is 3. The lowest BCUT2D eigenvalue weighted by Gasteiger charge is -2.64. The Labute approximate surface area is 151 Å². The second-order valence-electron chi connectivity index (χ2n) is 8.84. The normalized spacial score (nSPS) is 34.4. The number of rotatable bonds is 3. The monoisotopic (exact) mass is 347 g/mol. The minimum absolute atomic E-state index is 0.534. The molecular formula is C20H33N3S. The number of hydrogen-bond donors (Lipinski definition) is 0. The fraction of sp³-hybridized carbons (Fsp3) is 0.850. The first-order valence-corrected chi connectivity index (χ1v) is 10.8. The number of thiazole rings is 1. The predicted molar refractivity (Wildman–Crippen MR) is 101 cm³/mol. The molecule has 4 heteroatoms. The van der Waals surface area contributed by atoms with Crippen LogP contribution in [0.1, 0.15) is 56.7 Å². The van der Waals surface area contributed by atoms with Gasteiger partial charge in [0, 0.05) is 31.1 Å². The molecule has 0 spiro atoms. The van der Waals surface area contributed by atoms with Crippen molar-refractivity contribution in [1.82, 2.24) is 14.8 Å². The van der Waals surface area contributed by atoms with E-state index in [1.807, 2.05) is 0 Å². The highest BCUT2D eigenvalue weighted by molar-refractivity contribution is 7.09. The molecule has 1 aromatic rings. The molecule has 0 N–H and O–H groups in total. The Morgan fingerprint density at radius 2 is 1.96 bits per heavy atom. The van der Waals surface area contributed by atoms with Crippen LogP contribution in [-0.2, 0) is 6.54 Å². The van der Waals surface area contributed by atoms with Crippen molar-refractivity contribution in [3.8, 4) is 0 Å². The van der Waals surface area contributed by atoms with E-state index < -0.39 is 0 Å². The Morgan fingerprint density at radius 3 is 2.75 bits per heavy atom. The van der Waals surface area contributed by atoms with Crippen molar-refractivity contribution in [2.24, 2.45) is 17.3 Å². The summed E-state index contributed by atoms with van der Waals surface area (Å²) in [5.41, 5.74) is 1.80. The van der Waals surface area contributed by atoms with Crippen LogP contribution in [0.25, 0.3) is 0 Å². The van der Waals surface area contributed by atoms with E-state index >= 15 is 0 Å². The molecule has 3 aliphatic rings. The summed E-state index contributed by atoms with van der Waals surface area (Å²) in [4.78, 5) is 10.1. The van der Waals surface area contributed by atoms with Crippen LogP contribution >= 0.6 is 11.3 Å². The van der Waals surface area contributed by atoms with Gasteiger partial charge in [-0.05, 0) is 56.5 Å². The quantitative estimate of drug-likeness (QED) is 0.818. The lowest BCUT2D eigenvalue weighted by Crippen LogP contribution is -2.66. The number of aryl methyl sites for hydroxylation is 1. The largest absolute Gasteiger partial charge is 0.298 e. The molecule has 0 aromatic carbocycles. The third-order valence-corrected chi connectivity index (χ3v) is 7.83. The highest BCUT2D eigenvalue weighted by atomic mass is 32.1. The fourth-order valence-electron chi connectivity index (χ4n) is 5.99. The average molecular weight is 348 g/mol. The molecule has 2 aliphatic carbocycles. The summed E-state index contributed by atoms with van der Waals surface area (Å²) in [7, 11) is 0. The summed E-state index contributed by atoms with van der Waals surface area (Å²) in [6.07, 6.45) is 7.22. The number of hydrogen-bond acceptors (Lipinski definition) is 4. The zero-order chi connectivity index (χ0) is 16.7.